The van der Waals surface area contributed by atoms with Gasteiger partial charge in [-0.25, -0.2) is 8.78 Å². The number of alkyl halides is 2. The summed E-state index contributed by atoms with van der Waals surface area (Å²) in [4.78, 5) is 27.0. The molecule has 0 aliphatic carbocycles. The Labute approximate surface area is 382 Å². The number of hydrogen-bond donors (Lipinski definition) is 1. The molecule has 4 saturated heterocycles. The Kier molecular flexibility index (Phi) is 14.5. The summed E-state index contributed by atoms with van der Waals surface area (Å²) in [5.74, 6) is 0.524. The maximum atomic E-state index is 14.7. The van der Waals surface area contributed by atoms with Crippen LogP contribution in [0.1, 0.15) is 133 Å². The molecule has 4 fully saturated rings. The normalized spacial score (nSPS) is 19.0. The molecule has 19 heteroatoms. The van der Waals surface area contributed by atoms with Crippen LogP contribution in [0.25, 0.3) is 33.7 Å². The monoisotopic (exact) mass is 919 g/mol. The van der Waals surface area contributed by atoms with Crippen LogP contribution in [0, 0.1) is 11.6 Å². The minimum atomic E-state index is -2.94. The molecule has 0 spiro atoms. The maximum Gasteiger partial charge on any atom is 0.315 e. The molecule has 1 N–H and O–H groups in total. The number of carbonyl (C=O) groups excluding carboxylic acids is 1. The van der Waals surface area contributed by atoms with Gasteiger partial charge in [-0.3, -0.25) is 4.79 Å². The molecule has 4 aromatic heterocycles. The van der Waals surface area contributed by atoms with Gasteiger partial charge in [-0.15, -0.1) is 0 Å². The summed E-state index contributed by atoms with van der Waals surface area (Å²) in [6.07, 6.45) is 4.58. The fourth-order valence-electron chi connectivity index (χ4n) is 10.2. The van der Waals surface area contributed by atoms with Gasteiger partial charge in [-0.2, -0.15) is 38.3 Å². The van der Waals surface area contributed by atoms with E-state index in [1.807, 2.05) is 26.0 Å². The minimum Gasteiger partial charge on any atom is -0.338 e. The fraction of sp³-hybridized carbons (Fsp3) is 0.596. The molecular formula is C47H62F4N12O3. The number of para-hydroxylation sites is 2. The summed E-state index contributed by atoms with van der Waals surface area (Å²) >= 11 is 0. The van der Waals surface area contributed by atoms with Crippen molar-refractivity contribution >= 4 is 27.7 Å². The minimum absolute atomic E-state index is 0. The molecule has 0 unspecified atom stereocenters. The van der Waals surface area contributed by atoms with Crippen LogP contribution >= 0.6 is 0 Å². The van der Waals surface area contributed by atoms with E-state index >= 15 is 0 Å². The molecule has 66 heavy (non-hydrogen) atoms. The van der Waals surface area contributed by atoms with E-state index in [1.54, 1.807) is 12.1 Å². The second-order valence-corrected chi connectivity index (χ2v) is 18.5. The third-order valence-electron chi connectivity index (χ3n) is 13.8. The van der Waals surface area contributed by atoms with Crippen LogP contribution in [0.15, 0.2) is 45.4 Å². The summed E-state index contributed by atoms with van der Waals surface area (Å²) in [7, 11) is 0. The van der Waals surface area contributed by atoms with Crippen molar-refractivity contribution in [2.24, 2.45) is 0 Å². The number of benzene rings is 2. The largest absolute Gasteiger partial charge is 0.338 e. The molecule has 356 valence electrons. The topological polar surface area (TPSA) is 152 Å². The molecule has 0 radical (unpaired) electrons. The summed E-state index contributed by atoms with van der Waals surface area (Å²) in [6, 6.07) is 11.0. The van der Waals surface area contributed by atoms with Crippen molar-refractivity contribution in [3.63, 3.8) is 0 Å². The second-order valence-electron chi connectivity index (χ2n) is 18.5. The van der Waals surface area contributed by atoms with E-state index in [0.717, 1.165) is 87.1 Å². The zero-order valence-electron chi connectivity index (χ0n) is 37.5. The number of nitrogens with one attached hydrogen (secondary N) is 1. The molecule has 6 aromatic rings. The lowest BCUT2D eigenvalue weighted by molar-refractivity contribution is -0.144. The fourth-order valence-corrected chi connectivity index (χ4v) is 10.2. The van der Waals surface area contributed by atoms with Crippen molar-refractivity contribution in [1.82, 2.24) is 59.9 Å². The summed E-state index contributed by atoms with van der Waals surface area (Å²) < 4.78 is 68.8. The van der Waals surface area contributed by atoms with Crippen LogP contribution in [0.2, 0.25) is 0 Å². The molecule has 4 aliphatic heterocycles. The zero-order valence-corrected chi connectivity index (χ0v) is 37.5. The highest BCUT2D eigenvalue weighted by Gasteiger charge is 2.35. The number of piperidine rings is 4. The molecule has 0 atom stereocenters. The van der Waals surface area contributed by atoms with Crippen molar-refractivity contribution in [3.05, 3.63) is 71.2 Å². The second kappa shape index (κ2) is 20.3. The van der Waals surface area contributed by atoms with Crippen LogP contribution in [0.4, 0.5) is 17.6 Å². The summed E-state index contributed by atoms with van der Waals surface area (Å²) in [5, 5.41) is 22.5. The van der Waals surface area contributed by atoms with E-state index in [2.05, 4.69) is 59.4 Å². The standard InChI is InChI=1S/C24H29F3N6O2.C22H29FN6O.CH4/c1-14(2)19-17-4-3-5-18(25)20(17)33(29-19)24-28-22(35-30-24)15-6-10-31(11-7-15)16-8-12-32(13-9-16)23(34)21(26)27;1-14(2)19-17-4-3-5-18(23)20(17)29(26-19)22-25-21(30-27-22)15-8-12-28(13-9-15)16-6-10-24-11-7-16;/h3-5,14-16,21H,6-13H2,1-2H3;3-5,14-16,24H,6-13H2,1-2H3;1H4. The van der Waals surface area contributed by atoms with Crippen molar-refractivity contribution in [1.29, 1.82) is 0 Å². The van der Waals surface area contributed by atoms with Crippen LogP contribution in [0.3, 0.4) is 0 Å². The van der Waals surface area contributed by atoms with E-state index in [9.17, 15) is 22.4 Å². The first-order valence-electron chi connectivity index (χ1n) is 23.2. The number of amides is 1. The van der Waals surface area contributed by atoms with Crippen molar-refractivity contribution in [2.75, 3.05) is 52.4 Å². The van der Waals surface area contributed by atoms with E-state index in [1.165, 1.54) is 39.2 Å². The molecule has 8 heterocycles. The summed E-state index contributed by atoms with van der Waals surface area (Å²) in [5.41, 5.74) is 2.37. The van der Waals surface area contributed by atoms with Crippen molar-refractivity contribution in [3.8, 4) is 11.9 Å². The Morgan fingerprint density at radius 3 is 1.47 bits per heavy atom. The Morgan fingerprint density at radius 1 is 0.636 bits per heavy atom. The number of carbonyl (C=O) groups is 1. The molecule has 1 amide bonds. The van der Waals surface area contributed by atoms with E-state index in [0.29, 0.717) is 60.7 Å². The van der Waals surface area contributed by atoms with Crippen LogP contribution < -0.4 is 5.32 Å². The molecule has 10 rings (SSSR count). The van der Waals surface area contributed by atoms with Gasteiger partial charge in [0.05, 0.1) is 11.4 Å². The smallest absolute Gasteiger partial charge is 0.315 e. The van der Waals surface area contributed by atoms with E-state index in [4.69, 9.17) is 9.05 Å². The number of rotatable bonds is 9. The van der Waals surface area contributed by atoms with Crippen LogP contribution in [0.5, 0.6) is 0 Å². The van der Waals surface area contributed by atoms with Crippen molar-refractivity contribution < 1.29 is 31.4 Å². The Bertz CT molecular complexity index is 2560. The van der Waals surface area contributed by atoms with Crippen molar-refractivity contribution in [2.45, 2.75) is 129 Å². The molecule has 4 aliphatic rings. The van der Waals surface area contributed by atoms with Gasteiger partial charge in [-0.05, 0) is 125 Å². The highest BCUT2D eigenvalue weighted by atomic mass is 19.3. The molecule has 2 aromatic carbocycles. The predicted octanol–water partition coefficient (Wildman–Crippen LogP) is 8.35. The highest BCUT2D eigenvalue weighted by Crippen LogP contribution is 2.34. The number of likely N-dealkylation sites (tertiary alicyclic amines) is 3. The quantitative estimate of drug-likeness (QED) is 0.139. The number of fused-ring (bicyclic) bond motifs is 2. The molecule has 0 saturated carbocycles. The van der Waals surface area contributed by atoms with Crippen LogP contribution in [-0.4, -0.2) is 131 Å². The SMILES string of the molecule is C.CC(C)c1nn(-c2noc(C3CCN(C4CCN(C(=O)C(F)F)CC4)CC3)n2)c2c(F)cccc12.CC(C)c1nn(-c2noc(C3CCN(C4CCNCC4)CC3)n2)c2c(F)cccc12. The van der Waals surface area contributed by atoms with Gasteiger partial charge in [0.2, 0.25) is 11.8 Å². The number of hydrogen-bond acceptors (Lipinski definition) is 12. The number of aromatic nitrogens is 8. The lowest BCUT2D eigenvalue weighted by atomic mass is 9.93. The van der Waals surface area contributed by atoms with Crippen LogP contribution in [-0.2, 0) is 4.79 Å². The Balaban J connectivity index is 0.000000179. The first-order valence-corrected chi connectivity index (χ1v) is 23.2. The van der Waals surface area contributed by atoms with Gasteiger partial charge >= 0.3 is 6.43 Å². The first-order chi connectivity index (χ1) is 31.4. The summed E-state index contributed by atoms with van der Waals surface area (Å²) in [6.45, 7) is 14.9. The van der Waals surface area contributed by atoms with E-state index < -0.39 is 12.3 Å². The Hall–Kier alpha value is -5.27. The average molecular weight is 919 g/mol. The van der Waals surface area contributed by atoms with Gasteiger partial charge in [0.15, 0.2) is 0 Å². The predicted molar refractivity (Wildman–Crippen MR) is 241 cm³/mol. The van der Waals surface area contributed by atoms with Gasteiger partial charge in [0.25, 0.3) is 17.8 Å². The van der Waals surface area contributed by atoms with Gasteiger partial charge in [0.1, 0.15) is 22.7 Å². The van der Waals surface area contributed by atoms with E-state index in [-0.39, 0.29) is 54.7 Å². The van der Waals surface area contributed by atoms with Gasteiger partial charge in [0, 0.05) is 47.8 Å². The van der Waals surface area contributed by atoms with Gasteiger partial charge in [-0.1, -0.05) is 59.4 Å². The molecule has 15 nitrogen and oxygen atoms in total. The first kappa shape index (κ1) is 47.2. The molecule has 0 bridgehead atoms. The lowest BCUT2D eigenvalue weighted by Crippen LogP contribution is -2.49. The lowest BCUT2D eigenvalue weighted by Gasteiger charge is -2.41. The van der Waals surface area contributed by atoms with Gasteiger partial charge < -0.3 is 29.1 Å². The zero-order chi connectivity index (χ0) is 45.4. The average Bonchev–Trinajstić information content (AvgIpc) is 4.15. The molecular weight excluding hydrogens is 857 g/mol. The third kappa shape index (κ3) is 9.61. The number of nitrogens with zero attached hydrogens (tertiary/aromatic N) is 11. The maximum absolute atomic E-state index is 14.7. The highest BCUT2D eigenvalue weighted by molar-refractivity contribution is 5.85. The number of halogens is 4. The Morgan fingerprint density at radius 2 is 1.06 bits per heavy atom. The third-order valence-corrected chi connectivity index (χ3v) is 13.8.